The van der Waals surface area contributed by atoms with Gasteiger partial charge in [-0.25, -0.2) is 0 Å². The summed E-state index contributed by atoms with van der Waals surface area (Å²) in [5.41, 5.74) is 5.39. The van der Waals surface area contributed by atoms with E-state index < -0.39 is 0 Å². The second-order valence-corrected chi connectivity index (χ2v) is 2.35. The van der Waals surface area contributed by atoms with Crippen LogP contribution >= 0.6 is 0 Å². The van der Waals surface area contributed by atoms with Crippen LogP contribution in [0.25, 0.3) is 0 Å². The lowest BCUT2D eigenvalue weighted by Gasteiger charge is -2.21. The molecule has 1 aliphatic rings. The Morgan fingerprint density at radius 3 is 2.89 bits per heavy atom. The molecule has 0 saturated carbocycles. The Balaban J connectivity index is 2.18. The van der Waals surface area contributed by atoms with Gasteiger partial charge in [-0.1, -0.05) is 12.2 Å². The highest BCUT2D eigenvalue weighted by Crippen LogP contribution is 1.98. The molecule has 1 heterocycles. The molecule has 2 heteroatoms. The molecule has 0 radical (unpaired) electrons. The van der Waals surface area contributed by atoms with Gasteiger partial charge in [-0.15, -0.1) is 0 Å². The van der Waals surface area contributed by atoms with Gasteiger partial charge in [-0.3, -0.25) is 4.90 Å². The van der Waals surface area contributed by atoms with Gasteiger partial charge in [0, 0.05) is 26.2 Å². The SMILES string of the molecule is NCCN1CC=CCC1. The molecule has 0 spiro atoms. The average Bonchev–Trinajstić information content (AvgIpc) is 1.91. The molecule has 2 N–H and O–H groups in total. The average molecular weight is 126 g/mol. The molecule has 0 amide bonds. The third-order valence-electron chi connectivity index (χ3n) is 1.59. The summed E-state index contributed by atoms with van der Waals surface area (Å²) in [7, 11) is 0. The summed E-state index contributed by atoms with van der Waals surface area (Å²) in [5.74, 6) is 0. The first kappa shape index (κ1) is 6.78. The molecule has 1 rings (SSSR count). The van der Waals surface area contributed by atoms with E-state index in [-0.39, 0.29) is 0 Å². The molecule has 0 aromatic heterocycles. The summed E-state index contributed by atoms with van der Waals surface area (Å²) >= 11 is 0. The monoisotopic (exact) mass is 126 g/mol. The lowest BCUT2D eigenvalue weighted by molar-refractivity contribution is 0.307. The van der Waals surface area contributed by atoms with Crippen molar-refractivity contribution in [2.24, 2.45) is 5.73 Å². The van der Waals surface area contributed by atoms with Crippen molar-refractivity contribution >= 4 is 0 Å². The van der Waals surface area contributed by atoms with E-state index >= 15 is 0 Å². The van der Waals surface area contributed by atoms with E-state index in [1.807, 2.05) is 0 Å². The van der Waals surface area contributed by atoms with Crippen molar-refractivity contribution in [3.63, 3.8) is 0 Å². The van der Waals surface area contributed by atoms with Crippen molar-refractivity contribution in [1.29, 1.82) is 0 Å². The van der Waals surface area contributed by atoms with Crippen molar-refractivity contribution < 1.29 is 0 Å². The molecular weight excluding hydrogens is 112 g/mol. The van der Waals surface area contributed by atoms with Gasteiger partial charge in [-0.2, -0.15) is 0 Å². The van der Waals surface area contributed by atoms with Gasteiger partial charge in [-0.05, 0) is 6.42 Å². The molecule has 52 valence electrons. The standard InChI is InChI=1S/C7H14N2/c8-4-7-9-5-2-1-3-6-9/h1-2H,3-8H2. The third kappa shape index (κ3) is 2.16. The van der Waals surface area contributed by atoms with Gasteiger partial charge in [0.25, 0.3) is 0 Å². The Morgan fingerprint density at radius 2 is 2.33 bits per heavy atom. The molecule has 0 atom stereocenters. The van der Waals surface area contributed by atoms with E-state index in [0.29, 0.717) is 0 Å². The predicted molar refractivity (Wildman–Crippen MR) is 39.3 cm³/mol. The van der Waals surface area contributed by atoms with Gasteiger partial charge < -0.3 is 5.73 Å². The lowest BCUT2D eigenvalue weighted by atomic mass is 10.2. The Morgan fingerprint density at radius 1 is 1.44 bits per heavy atom. The normalized spacial score (nSPS) is 20.6. The molecule has 2 nitrogen and oxygen atoms in total. The van der Waals surface area contributed by atoms with Crippen molar-refractivity contribution in [1.82, 2.24) is 4.90 Å². The van der Waals surface area contributed by atoms with Crippen molar-refractivity contribution in [2.75, 3.05) is 26.2 Å². The summed E-state index contributed by atoms with van der Waals surface area (Å²) in [5, 5.41) is 0. The van der Waals surface area contributed by atoms with Gasteiger partial charge in [0.05, 0.1) is 0 Å². The van der Waals surface area contributed by atoms with Crippen molar-refractivity contribution in [3.8, 4) is 0 Å². The second-order valence-electron chi connectivity index (χ2n) is 2.35. The first-order chi connectivity index (χ1) is 4.43. The zero-order valence-corrected chi connectivity index (χ0v) is 5.71. The molecule has 0 unspecified atom stereocenters. The second kappa shape index (κ2) is 3.64. The fraction of sp³-hybridized carbons (Fsp3) is 0.714. The van der Waals surface area contributed by atoms with Crippen LogP contribution in [0.2, 0.25) is 0 Å². The highest BCUT2D eigenvalue weighted by molar-refractivity contribution is 4.90. The highest BCUT2D eigenvalue weighted by Gasteiger charge is 2.02. The van der Waals surface area contributed by atoms with E-state index in [1.165, 1.54) is 13.0 Å². The minimum atomic E-state index is 0.786. The first-order valence-electron chi connectivity index (χ1n) is 3.51. The Labute approximate surface area is 56.3 Å². The van der Waals surface area contributed by atoms with E-state index in [4.69, 9.17) is 5.73 Å². The Hall–Kier alpha value is -0.340. The summed E-state index contributed by atoms with van der Waals surface area (Å²) in [6.07, 6.45) is 5.63. The highest BCUT2D eigenvalue weighted by atomic mass is 15.1. The molecule has 0 aliphatic carbocycles. The first-order valence-corrected chi connectivity index (χ1v) is 3.51. The van der Waals surface area contributed by atoms with Crippen LogP contribution in [0.15, 0.2) is 12.2 Å². The maximum Gasteiger partial charge on any atom is 0.0163 e. The molecule has 0 aromatic rings. The van der Waals surface area contributed by atoms with E-state index in [2.05, 4.69) is 17.1 Å². The summed E-state index contributed by atoms with van der Waals surface area (Å²) in [6, 6.07) is 0. The van der Waals surface area contributed by atoms with Crippen LogP contribution in [-0.2, 0) is 0 Å². The number of hydrogen-bond donors (Lipinski definition) is 1. The maximum absolute atomic E-state index is 5.39. The van der Waals surface area contributed by atoms with Crippen LogP contribution in [0.1, 0.15) is 6.42 Å². The number of hydrogen-bond acceptors (Lipinski definition) is 2. The minimum Gasteiger partial charge on any atom is -0.329 e. The number of nitrogens with zero attached hydrogens (tertiary/aromatic N) is 1. The molecule has 0 fully saturated rings. The maximum atomic E-state index is 5.39. The molecule has 9 heavy (non-hydrogen) atoms. The van der Waals surface area contributed by atoms with Crippen LogP contribution in [0, 0.1) is 0 Å². The summed E-state index contributed by atoms with van der Waals surface area (Å²) in [6.45, 7) is 4.11. The van der Waals surface area contributed by atoms with Crippen LogP contribution in [0.4, 0.5) is 0 Å². The number of rotatable bonds is 2. The number of nitrogens with two attached hydrogens (primary N) is 1. The minimum absolute atomic E-state index is 0.786. The van der Waals surface area contributed by atoms with E-state index in [9.17, 15) is 0 Å². The van der Waals surface area contributed by atoms with Gasteiger partial charge in [0.1, 0.15) is 0 Å². The fourth-order valence-corrected chi connectivity index (χ4v) is 1.08. The van der Waals surface area contributed by atoms with Crippen molar-refractivity contribution in [2.45, 2.75) is 6.42 Å². The third-order valence-corrected chi connectivity index (χ3v) is 1.59. The Bertz CT molecular complexity index is 99.1. The van der Waals surface area contributed by atoms with E-state index in [1.54, 1.807) is 0 Å². The molecular formula is C7H14N2. The smallest absolute Gasteiger partial charge is 0.0163 e. The Kier molecular flexibility index (Phi) is 2.74. The largest absolute Gasteiger partial charge is 0.329 e. The summed E-state index contributed by atoms with van der Waals surface area (Å²) < 4.78 is 0. The molecule has 0 aromatic carbocycles. The topological polar surface area (TPSA) is 29.3 Å². The van der Waals surface area contributed by atoms with Gasteiger partial charge in [0.2, 0.25) is 0 Å². The van der Waals surface area contributed by atoms with Crippen molar-refractivity contribution in [3.05, 3.63) is 12.2 Å². The van der Waals surface area contributed by atoms with Crippen LogP contribution in [0.3, 0.4) is 0 Å². The zero-order valence-electron chi connectivity index (χ0n) is 5.71. The van der Waals surface area contributed by atoms with Gasteiger partial charge >= 0.3 is 0 Å². The quantitative estimate of drug-likeness (QED) is 0.536. The lowest BCUT2D eigenvalue weighted by Crippen LogP contribution is -2.32. The fourth-order valence-electron chi connectivity index (χ4n) is 1.08. The van der Waals surface area contributed by atoms with Gasteiger partial charge in [0.15, 0.2) is 0 Å². The molecule has 0 bridgehead atoms. The van der Waals surface area contributed by atoms with E-state index in [0.717, 1.165) is 19.6 Å². The van der Waals surface area contributed by atoms with Crippen LogP contribution < -0.4 is 5.73 Å². The van der Waals surface area contributed by atoms with Crippen LogP contribution in [-0.4, -0.2) is 31.1 Å². The molecule has 0 saturated heterocycles. The predicted octanol–water partition coefficient (Wildman–Crippen LogP) is 0.207. The zero-order chi connectivity index (χ0) is 6.53. The molecule has 1 aliphatic heterocycles. The van der Waals surface area contributed by atoms with Crippen LogP contribution in [0.5, 0.6) is 0 Å². The summed E-state index contributed by atoms with van der Waals surface area (Å²) in [4.78, 5) is 2.36.